The van der Waals surface area contributed by atoms with Crippen LogP contribution in [0.15, 0.2) is 30.5 Å². The Labute approximate surface area is 180 Å². The maximum Gasteiger partial charge on any atom is 0.326 e. The Balaban J connectivity index is 1.58. The Bertz CT molecular complexity index is 1170. The highest BCUT2D eigenvalue weighted by Gasteiger charge is 2.22. The molecule has 1 atom stereocenters. The number of hydrogen-bond donors (Lipinski definition) is 6. The third-order valence-electron chi connectivity index (χ3n) is 4.31. The van der Waals surface area contributed by atoms with Gasteiger partial charge in [-0.25, -0.2) is 14.8 Å². The Hall–Kier alpha value is -4.55. The van der Waals surface area contributed by atoms with E-state index in [1.807, 2.05) is 0 Å². The molecule has 1 aromatic carbocycles. The molecular weight excluding hydrogens is 420 g/mol. The minimum Gasteiger partial charge on any atom is -0.481 e. The first-order valence-electron chi connectivity index (χ1n) is 9.32. The number of carboxylic acids is 2. The van der Waals surface area contributed by atoms with Crippen LogP contribution in [0.25, 0.3) is 11.2 Å². The van der Waals surface area contributed by atoms with Crippen molar-refractivity contribution in [1.29, 1.82) is 0 Å². The maximum absolute atomic E-state index is 12.0. The molecule has 1 amide bonds. The van der Waals surface area contributed by atoms with Gasteiger partial charge in [-0.1, -0.05) is 12.1 Å². The minimum absolute atomic E-state index is 0.0179. The van der Waals surface area contributed by atoms with Gasteiger partial charge in [0.1, 0.15) is 6.04 Å². The first-order valence-corrected chi connectivity index (χ1v) is 9.32. The Kier molecular flexibility index (Phi) is 6.58. The molecule has 3 rings (SSSR count). The number of hydrogen-bond acceptors (Lipinski definition) is 10. The predicted octanol–water partition coefficient (Wildman–Crippen LogP) is -0.217. The molecule has 0 aliphatic carbocycles. The SMILES string of the molecule is Nc1nc(N)c2nc(CNc3ccc(CC(=O)NC(CC(=O)O)C(=O)O)cc3)cnc2n1. The first kappa shape index (κ1) is 22.1. The molecule has 0 radical (unpaired) electrons. The number of nitrogens with one attached hydrogen (secondary N) is 2. The normalized spacial score (nSPS) is 11.6. The molecule has 0 saturated heterocycles. The van der Waals surface area contributed by atoms with Gasteiger partial charge in [0.25, 0.3) is 0 Å². The number of amides is 1. The fraction of sp³-hybridized carbons (Fsp3) is 0.211. The smallest absolute Gasteiger partial charge is 0.326 e. The quantitative estimate of drug-likeness (QED) is 0.254. The molecule has 0 saturated carbocycles. The Morgan fingerprint density at radius 1 is 1.03 bits per heavy atom. The van der Waals surface area contributed by atoms with Crippen LogP contribution in [0.2, 0.25) is 0 Å². The van der Waals surface area contributed by atoms with Crippen molar-refractivity contribution in [3.8, 4) is 0 Å². The van der Waals surface area contributed by atoms with Crippen LogP contribution < -0.4 is 22.1 Å². The van der Waals surface area contributed by atoms with Crippen molar-refractivity contribution >= 4 is 46.5 Å². The van der Waals surface area contributed by atoms with Crippen molar-refractivity contribution < 1.29 is 24.6 Å². The molecule has 3 aromatic rings. The zero-order valence-electron chi connectivity index (χ0n) is 16.6. The zero-order valence-corrected chi connectivity index (χ0v) is 16.6. The van der Waals surface area contributed by atoms with E-state index in [1.54, 1.807) is 24.3 Å². The van der Waals surface area contributed by atoms with Crippen molar-refractivity contribution in [1.82, 2.24) is 25.3 Å². The number of carbonyl (C=O) groups excluding carboxylic acids is 1. The number of fused-ring (bicyclic) bond motifs is 1. The number of rotatable bonds is 9. The van der Waals surface area contributed by atoms with Gasteiger partial charge in [-0.2, -0.15) is 9.97 Å². The monoisotopic (exact) mass is 440 g/mol. The molecule has 0 aliphatic heterocycles. The van der Waals surface area contributed by atoms with E-state index in [2.05, 4.69) is 30.6 Å². The van der Waals surface area contributed by atoms with E-state index in [9.17, 15) is 14.4 Å². The summed E-state index contributed by atoms with van der Waals surface area (Å²) in [7, 11) is 0. The van der Waals surface area contributed by atoms with Crippen LogP contribution in [0.1, 0.15) is 17.7 Å². The second-order valence-corrected chi connectivity index (χ2v) is 6.78. The lowest BCUT2D eigenvalue weighted by Crippen LogP contribution is -2.42. The molecule has 166 valence electrons. The molecule has 32 heavy (non-hydrogen) atoms. The highest BCUT2D eigenvalue weighted by atomic mass is 16.4. The van der Waals surface area contributed by atoms with E-state index in [0.29, 0.717) is 29.0 Å². The van der Waals surface area contributed by atoms with Crippen LogP contribution in [-0.4, -0.2) is 54.0 Å². The van der Waals surface area contributed by atoms with Gasteiger partial charge >= 0.3 is 11.9 Å². The van der Waals surface area contributed by atoms with Crippen molar-refractivity contribution in [2.75, 3.05) is 16.8 Å². The molecule has 1 unspecified atom stereocenters. The largest absolute Gasteiger partial charge is 0.481 e. The molecule has 0 aliphatic rings. The van der Waals surface area contributed by atoms with Gasteiger partial charge in [0.2, 0.25) is 11.9 Å². The van der Waals surface area contributed by atoms with E-state index in [0.717, 1.165) is 5.69 Å². The summed E-state index contributed by atoms with van der Waals surface area (Å²) in [5, 5.41) is 23.1. The molecule has 0 spiro atoms. The van der Waals surface area contributed by atoms with E-state index < -0.39 is 30.3 Å². The summed E-state index contributed by atoms with van der Waals surface area (Å²) >= 11 is 0. The van der Waals surface area contributed by atoms with Crippen molar-refractivity contribution in [2.45, 2.75) is 25.4 Å². The molecule has 13 heteroatoms. The van der Waals surface area contributed by atoms with Crippen LogP contribution in [0.4, 0.5) is 17.5 Å². The number of nitrogens with two attached hydrogens (primary N) is 2. The van der Waals surface area contributed by atoms with Gasteiger partial charge in [0.05, 0.1) is 31.3 Å². The van der Waals surface area contributed by atoms with Gasteiger partial charge < -0.3 is 32.3 Å². The number of anilines is 3. The second kappa shape index (κ2) is 9.51. The first-order chi connectivity index (χ1) is 15.2. The van der Waals surface area contributed by atoms with E-state index in [-0.39, 0.29) is 18.2 Å². The maximum atomic E-state index is 12.0. The molecule has 0 fully saturated rings. The highest BCUT2D eigenvalue weighted by molar-refractivity contribution is 5.87. The summed E-state index contributed by atoms with van der Waals surface area (Å²) in [6, 6.07) is 5.37. The van der Waals surface area contributed by atoms with Crippen molar-refractivity contribution in [2.24, 2.45) is 0 Å². The van der Waals surface area contributed by atoms with Crippen molar-refractivity contribution in [3.63, 3.8) is 0 Å². The summed E-state index contributed by atoms with van der Waals surface area (Å²) in [6.45, 7) is 0.335. The lowest BCUT2D eigenvalue weighted by Gasteiger charge is -2.12. The summed E-state index contributed by atoms with van der Waals surface area (Å²) in [5.74, 6) is -3.16. The van der Waals surface area contributed by atoms with E-state index in [1.165, 1.54) is 6.20 Å². The Morgan fingerprint density at radius 2 is 1.75 bits per heavy atom. The molecule has 13 nitrogen and oxygen atoms in total. The Morgan fingerprint density at radius 3 is 2.41 bits per heavy atom. The topological polar surface area (TPSA) is 219 Å². The predicted molar refractivity (Wildman–Crippen MR) is 113 cm³/mol. The number of benzene rings is 1. The molecule has 2 aromatic heterocycles. The third-order valence-corrected chi connectivity index (χ3v) is 4.31. The van der Waals surface area contributed by atoms with Crippen LogP contribution >= 0.6 is 0 Å². The number of aliphatic carboxylic acids is 2. The summed E-state index contributed by atoms with van der Waals surface area (Å²) < 4.78 is 0. The summed E-state index contributed by atoms with van der Waals surface area (Å²) in [4.78, 5) is 50.2. The second-order valence-electron chi connectivity index (χ2n) is 6.78. The van der Waals surface area contributed by atoms with Crippen molar-refractivity contribution in [3.05, 3.63) is 41.7 Å². The number of nitrogen functional groups attached to an aromatic ring is 2. The zero-order chi connectivity index (χ0) is 23.3. The summed E-state index contributed by atoms with van der Waals surface area (Å²) in [6.07, 6.45) is 0.741. The van der Waals surface area contributed by atoms with Gasteiger partial charge in [0, 0.05) is 5.69 Å². The van der Waals surface area contributed by atoms with Gasteiger partial charge in [-0.3, -0.25) is 9.59 Å². The molecular formula is C19H20N8O5. The van der Waals surface area contributed by atoms with Gasteiger partial charge in [-0.15, -0.1) is 0 Å². The minimum atomic E-state index is -1.49. The van der Waals surface area contributed by atoms with Crippen LogP contribution in [-0.2, 0) is 27.3 Å². The number of carbonyl (C=O) groups is 3. The number of aromatic nitrogens is 4. The lowest BCUT2D eigenvalue weighted by molar-refractivity contribution is -0.147. The van der Waals surface area contributed by atoms with Crippen LogP contribution in [0, 0.1) is 0 Å². The molecule has 8 N–H and O–H groups in total. The summed E-state index contributed by atoms with van der Waals surface area (Å²) in [5.41, 5.74) is 14.0. The third kappa shape index (κ3) is 5.75. The highest BCUT2D eigenvalue weighted by Crippen LogP contribution is 2.16. The van der Waals surface area contributed by atoms with E-state index >= 15 is 0 Å². The average Bonchev–Trinajstić information content (AvgIpc) is 2.72. The van der Waals surface area contributed by atoms with Gasteiger partial charge in [-0.05, 0) is 17.7 Å². The number of carboxylic acid groups (broad SMARTS) is 2. The fourth-order valence-corrected chi connectivity index (χ4v) is 2.81. The lowest BCUT2D eigenvalue weighted by atomic mass is 10.1. The van der Waals surface area contributed by atoms with Crippen LogP contribution in [0.3, 0.4) is 0 Å². The van der Waals surface area contributed by atoms with Crippen LogP contribution in [0.5, 0.6) is 0 Å². The van der Waals surface area contributed by atoms with E-state index in [4.69, 9.17) is 21.7 Å². The molecule has 0 bridgehead atoms. The fourth-order valence-electron chi connectivity index (χ4n) is 2.81. The van der Waals surface area contributed by atoms with Gasteiger partial charge in [0.15, 0.2) is 17.0 Å². The molecule has 2 heterocycles. The number of nitrogens with zero attached hydrogens (tertiary/aromatic N) is 4. The standard InChI is InChI=1S/C19H20N8O5/c20-16-15-17(27-19(21)26-16)23-8-11(24-15)7-22-10-3-1-9(2-4-10)5-13(28)25-12(18(31)32)6-14(29)30/h1-4,8,12,22H,5-7H2,(H,25,28)(H,29,30)(H,31,32)(H4,20,21,23,26,27). The average molecular weight is 440 g/mol.